The molecule has 0 aromatic heterocycles. The lowest BCUT2D eigenvalue weighted by molar-refractivity contribution is -0.137. The van der Waals surface area contributed by atoms with Crippen LogP contribution in [0, 0.1) is 0 Å². The normalized spacial score (nSPS) is 9.38. The van der Waals surface area contributed by atoms with Crippen molar-refractivity contribution in [1.29, 1.82) is 0 Å². The smallest absolute Gasteiger partial charge is 0.379 e. The largest absolute Gasteiger partial charge is 0.467 e. The number of aliphatic hydroxyl groups is 1. The molecular formula is C15H22O6. The number of hydrogen-bond acceptors (Lipinski definition) is 6. The molecule has 0 aliphatic heterocycles. The molecule has 0 aliphatic rings. The maximum atomic E-state index is 12.0. The van der Waals surface area contributed by atoms with E-state index in [1.165, 1.54) is 19.2 Å². The lowest BCUT2D eigenvalue weighted by atomic mass is 10.0. The first-order valence-electron chi connectivity index (χ1n) is 6.71. The number of Topliss-reactive ketones (excluding diaryl/α,β-unsaturated/α-hetero) is 1. The highest BCUT2D eigenvalue weighted by Gasteiger charge is 2.24. The summed E-state index contributed by atoms with van der Waals surface area (Å²) in [6.07, 6.45) is 0. The molecule has 1 aromatic rings. The third-order valence-electron chi connectivity index (χ3n) is 2.30. The Kier molecular flexibility index (Phi) is 9.83. The number of rotatable bonds is 7. The maximum Gasteiger partial charge on any atom is 0.379 e. The van der Waals surface area contributed by atoms with Gasteiger partial charge in [-0.15, -0.1) is 0 Å². The van der Waals surface area contributed by atoms with Crippen LogP contribution in [-0.4, -0.2) is 37.4 Å². The van der Waals surface area contributed by atoms with Crippen LogP contribution in [0.4, 0.5) is 0 Å². The van der Waals surface area contributed by atoms with Crippen LogP contribution in [0.5, 0.6) is 5.75 Å². The second-order valence-electron chi connectivity index (χ2n) is 3.55. The Morgan fingerprint density at radius 2 is 1.90 bits per heavy atom. The van der Waals surface area contributed by atoms with E-state index in [9.17, 15) is 14.7 Å². The summed E-state index contributed by atoms with van der Waals surface area (Å²) in [5.41, 5.74) is 0.298. The van der Waals surface area contributed by atoms with Crippen molar-refractivity contribution in [3.63, 3.8) is 0 Å². The second kappa shape index (κ2) is 10.8. The Bertz CT molecular complexity index is 455. The Balaban J connectivity index is 0.00000191. The van der Waals surface area contributed by atoms with Gasteiger partial charge in [-0.05, 0) is 18.6 Å². The van der Waals surface area contributed by atoms with Gasteiger partial charge in [0.2, 0.25) is 0 Å². The molecule has 0 atom stereocenters. The molecule has 6 heteroatoms. The van der Waals surface area contributed by atoms with Gasteiger partial charge < -0.3 is 19.3 Å². The van der Waals surface area contributed by atoms with Crippen molar-refractivity contribution >= 4 is 11.8 Å². The fraction of sp³-hybridized carbons (Fsp3) is 0.467. The van der Waals surface area contributed by atoms with E-state index in [1.807, 2.05) is 13.8 Å². The summed E-state index contributed by atoms with van der Waals surface area (Å²) in [4.78, 5) is 23.5. The molecule has 0 fully saturated rings. The molecule has 0 bridgehead atoms. The van der Waals surface area contributed by atoms with Crippen LogP contribution >= 0.6 is 0 Å². The number of carbonyl (C=O) groups is 2. The SMILES string of the molecule is CC.CCOC(=O)C(=O)c1c(CO)cccc1OCOC. The Morgan fingerprint density at radius 3 is 2.43 bits per heavy atom. The monoisotopic (exact) mass is 298 g/mol. The summed E-state index contributed by atoms with van der Waals surface area (Å²) in [5, 5.41) is 9.24. The first-order valence-corrected chi connectivity index (χ1v) is 6.71. The molecule has 1 N–H and O–H groups in total. The predicted octanol–water partition coefficient (Wildman–Crippen LogP) is 1.93. The summed E-state index contributed by atoms with van der Waals surface area (Å²) in [5.74, 6) is -1.66. The van der Waals surface area contributed by atoms with E-state index in [4.69, 9.17) is 9.47 Å². The lowest BCUT2D eigenvalue weighted by Crippen LogP contribution is -2.20. The number of benzene rings is 1. The van der Waals surface area contributed by atoms with Gasteiger partial charge in [-0.25, -0.2) is 4.79 Å². The average Bonchev–Trinajstić information content (AvgIpc) is 2.53. The number of ketones is 1. The zero-order valence-corrected chi connectivity index (χ0v) is 12.8. The summed E-state index contributed by atoms with van der Waals surface area (Å²) in [7, 11) is 1.43. The van der Waals surface area contributed by atoms with Gasteiger partial charge in [0.25, 0.3) is 5.78 Å². The Labute approximate surface area is 124 Å². The van der Waals surface area contributed by atoms with Gasteiger partial charge in [-0.1, -0.05) is 26.0 Å². The van der Waals surface area contributed by atoms with Gasteiger partial charge in [0.15, 0.2) is 6.79 Å². The van der Waals surface area contributed by atoms with E-state index in [0.29, 0.717) is 5.56 Å². The first-order chi connectivity index (χ1) is 10.2. The summed E-state index contributed by atoms with van der Waals surface area (Å²) in [6.45, 7) is 5.24. The topological polar surface area (TPSA) is 82.1 Å². The highest BCUT2D eigenvalue weighted by Crippen LogP contribution is 2.24. The highest BCUT2D eigenvalue weighted by atomic mass is 16.7. The molecule has 118 valence electrons. The van der Waals surface area contributed by atoms with Crippen molar-refractivity contribution in [2.24, 2.45) is 0 Å². The maximum absolute atomic E-state index is 12.0. The molecule has 6 nitrogen and oxygen atoms in total. The van der Waals surface area contributed by atoms with E-state index < -0.39 is 11.8 Å². The van der Waals surface area contributed by atoms with Crippen molar-refractivity contribution in [3.05, 3.63) is 29.3 Å². The molecule has 0 spiro atoms. The van der Waals surface area contributed by atoms with Crippen LogP contribution in [-0.2, 0) is 20.9 Å². The van der Waals surface area contributed by atoms with Crippen molar-refractivity contribution in [2.75, 3.05) is 20.5 Å². The number of esters is 1. The van der Waals surface area contributed by atoms with Gasteiger partial charge >= 0.3 is 5.97 Å². The molecule has 0 aliphatic carbocycles. The van der Waals surface area contributed by atoms with Gasteiger partial charge in [0, 0.05) is 7.11 Å². The molecule has 0 heterocycles. The zero-order valence-electron chi connectivity index (χ0n) is 12.8. The minimum atomic E-state index is -0.981. The van der Waals surface area contributed by atoms with Crippen LogP contribution in [0.1, 0.15) is 36.7 Å². The zero-order chi connectivity index (χ0) is 16.3. The molecular weight excluding hydrogens is 276 g/mol. The second-order valence-corrected chi connectivity index (χ2v) is 3.55. The standard InChI is InChI=1S/C13H16O6.C2H6/c1-3-18-13(16)12(15)11-9(7-14)5-4-6-10(11)19-8-17-2;1-2/h4-6,14H,3,7-8H2,1-2H3;1-2H3. The minimum absolute atomic E-state index is 0.000463. The van der Waals surface area contributed by atoms with Gasteiger partial charge in [-0.2, -0.15) is 0 Å². The summed E-state index contributed by atoms with van der Waals surface area (Å²) in [6, 6.07) is 4.66. The van der Waals surface area contributed by atoms with E-state index in [2.05, 4.69) is 4.74 Å². The molecule has 0 radical (unpaired) electrons. The predicted molar refractivity (Wildman–Crippen MR) is 77.2 cm³/mol. The number of aliphatic hydroxyl groups excluding tert-OH is 1. The highest BCUT2D eigenvalue weighted by molar-refractivity contribution is 6.41. The number of carbonyl (C=O) groups excluding carboxylic acids is 2. The van der Waals surface area contributed by atoms with E-state index in [0.717, 1.165) is 0 Å². The average molecular weight is 298 g/mol. The van der Waals surface area contributed by atoms with E-state index in [-0.39, 0.29) is 31.3 Å². The van der Waals surface area contributed by atoms with Gasteiger partial charge in [-0.3, -0.25) is 4.79 Å². The molecule has 21 heavy (non-hydrogen) atoms. The first kappa shape index (κ1) is 19.1. The number of methoxy groups -OCH3 is 1. The van der Waals surface area contributed by atoms with Crippen LogP contribution < -0.4 is 4.74 Å². The Hall–Kier alpha value is -1.92. The molecule has 0 unspecified atom stereocenters. The Morgan fingerprint density at radius 1 is 1.24 bits per heavy atom. The third-order valence-corrected chi connectivity index (χ3v) is 2.30. The van der Waals surface area contributed by atoms with Crippen molar-refractivity contribution in [2.45, 2.75) is 27.4 Å². The molecule has 1 rings (SSSR count). The van der Waals surface area contributed by atoms with Crippen LogP contribution in [0.2, 0.25) is 0 Å². The van der Waals surface area contributed by atoms with Crippen LogP contribution in [0.3, 0.4) is 0 Å². The van der Waals surface area contributed by atoms with Crippen molar-refractivity contribution < 1.29 is 28.9 Å². The van der Waals surface area contributed by atoms with Crippen LogP contribution in [0.15, 0.2) is 18.2 Å². The quantitative estimate of drug-likeness (QED) is 0.358. The van der Waals surface area contributed by atoms with E-state index in [1.54, 1.807) is 13.0 Å². The molecule has 0 saturated carbocycles. The number of hydrogen-bond donors (Lipinski definition) is 1. The van der Waals surface area contributed by atoms with Gasteiger partial charge in [0.1, 0.15) is 5.75 Å². The van der Waals surface area contributed by atoms with Gasteiger partial charge in [0.05, 0.1) is 18.8 Å². The molecule has 1 aromatic carbocycles. The van der Waals surface area contributed by atoms with E-state index >= 15 is 0 Å². The lowest BCUT2D eigenvalue weighted by Gasteiger charge is -2.12. The fourth-order valence-corrected chi connectivity index (χ4v) is 1.51. The number of ether oxygens (including phenoxy) is 3. The molecule has 0 saturated heterocycles. The fourth-order valence-electron chi connectivity index (χ4n) is 1.51. The summed E-state index contributed by atoms with van der Waals surface area (Å²) < 4.78 is 14.6. The van der Waals surface area contributed by atoms with Crippen molar-refractivity contribution in [1.82, 2.24) is 0 Å². The summed E-state index contributed by atoms with van der Waals surface area (Å²) >= 11 is 0. The molecule has 0 amide bonds. The van der Waals surface area contributed by atoms with Crippen molar-refractivity contribution in [3.8, 4) is 5.75 Å². The third kappa shape index (κ3) is 5.53. The van der Waals surface area contributed by atoms with Crippen LogP contribution in [0.25, 0.3) is 0 Å². The minimum Gasteiger partial charge on any atom is -0.467 e.